The molecule has 3 rings (SSSR count). The normalized spacial score (nSPS) is 19.9. The van der Waals surface area contributed by atoms with Crippen molar-refractivity contribution in [2.24, 2.45) is 0 Å². The standard InChI is InChI=1S/C17H19NO3S/c19-14(13-5-2-1-3-6-13)11-17(20)18-8-9-21-15(12-18)16-7-4-10-22-16/h1-7,10,14-15,19H,8-9,11-12H2. The van der Waals surface area contributed by atoms with Gasteiger partial charge in [-0.1, -0.05) is 36.4 Å². The molecule has 0 bridgehead atoms. The van der Waals surface area contributed by atoms with E-state index in [1.165, 1.54) is 0 Å². The summed E-state index contributed by atoms with van der Waals surface area (Å²) in [7, 11) is 0. The van der Waals surface area contributed by atoms with Gasteiger partial charge in [0.15, 0.2) is 0 Å². The predicted octanol–water partition coefficient (Wildman–Crippen LogP) is 2.77. The van der Waals surface area contributed by atoms with Gasteiger partial charge in [-0.05, 0) is 17.0 Å². The van der Waals surface area contributed by atoms with Crippen LogP contribution < -0.4 is 0 Å². The molecule has 0 radical (unpaired) electrons. The quantitative estimate of drug-likeness (QED) is 0.943. The van der Waals surface area contributed by atoms with E-state index in [-0.39, 0.29) is 18.4 Å². The maximum Gasteiger partial charge on any atom is 0.225 e. The van der Waals surface area contributed by atoms with E-state index in [2.05, 4.69) is 0 Å². The fourth-order valence-corrected chi connectivity index (χ4v) is 3.38. The van der Waals surface area contributed by atoms with Gasteiger partial charge in [-0.2, -0.15) is 0 Å². The predicted molar refractivity (Wildman–Crippen MR) is 85.6 cm³/mol. The van der Waals surface area contributed by atoms with Gasteiger partial charge in [0.05, 0.1) is 25.7 Å². The molecule has 1 saturated heterocycles. The van der Waals surface area contributed by atoms with Crippen molar-refractivity contribution in [3.05, 3.63) is 58.3 Å². The zero-order chi connectivity index (χ0) is 15.4. The lowest BCUT2D eigenvalue weighted by molar-refractivity contribution is -0.141. The van der Waals surface area contributed by atoms with Crippen molar-refractivity contribution in [3.8, 4) is 0 Å². The fourth-order valence-electron chi connectivity index (χ4n) is 2.61. The number of thiophene rings is 1. The SMILES string of the molecule is O=C(CC(O)c1ccccc1)N1CCOC(c2cccs2)C1. The smallest absolute Gasteiger partial charge is 0.225 e. The van der Waals surface area contributed by atoms with Gasteiger partial charge in [0.2, 0.25) is 5.91 Å². The van der Waals surface area contributed by atoms with Crippen LogP contribution in [0.25, 0.3) is 0 Å². The minimum Gasteiger partial charge on any atom is -0.388 e. The lowest BCUT2D eigenvalue weighted by Gasteiger charge is -2.33. The number of aliphatic hydroxyl groups is 1. The van der Waals surface area contributed by atoms with Gasteiger partial charge in [-0.3, -0.25) is 4.79 Å². The van der Waals surface area contributed by atoms with E-state index in [1.54, 1.807) is 16.2 Å². The van der Waals surface area contributed by atoms with Crippen LogP contribution in [0.15, 0.2) is 47.8 Å². The van der Waals surface area contributed by atoms with Gasteiger partial charge in [0, 0.05) is 11.4 Å². The zero-order valence-electron chi connectivity index (χ0n) is 12.2. The van der Waals surface area contributed by atoms with Crippen molar-refractivity contribution in [2.45, 2.75) is 18.6 Å². The Balaban J connectivity index is 1.60. The highest BCUT2D eigenvalue weighted by atomic mass is 32.1. The van der Waals surface area contributed by atoms with Crippen LogP contribution in [0.2, 0.25) is 0 Å². The van der Waals surface area contributed by atoms with Crippen LogP contribution in [0.5, 0.6) is 0 Å². The highest BCUT2D eigenvalue weighted by Crippen LogP contribution is 2.27. The average Bonchev–Trinajstić information content (AvgIpc) is 3.10. The van der Waals surface area contributed by atoms with E-state index in [0.717, 1.165) is 10.4 Å². The summed E-state index contributed by atoms with van der Waals surface area (Å²) in [6.45, 7) is 1.68. The van der Waals surface area contributed by atoms with Crippen molar-refractivity contribution in [1.82, 2.24) is 4.90 Å². The molecule has 0 aliphatic carbocycles. The number of carbonyl (C=O) groups is 1. The number of nitrogens with zero attached hydrogens (tertiary/aromatic N) is 1. The molecule has 22 heavy (non-hydrogen) atoms. The second-order valence-electron chi connectivity index (χ2n) is 5.35. The van der Waals surface area contributed by atoms with Gasteiger partial charge >= 0.3 is 0 Å². The van der Waals surface area contributed by atoms with Crippen LogP contribution in [0, 0.1) is 0 Å². The number of hydrogen-bond acceptors (Lipinski definition) is 4. The Morgan fingerprint density at radius 2 is 2.14 bits per heavy atom. The van der Waals surface area contributed by atoms with E-state index in [9.17, 15) is 9.90 Å². The molecule has 1 fully saturated rings. The summed E-state index contributed by atoms with van der Waals surface area (Å²) in [6, 6.07) is 13.3. The Bertz CT molecular complexity index is 600. The summed E-state index contributed by atoms with van der Waals surface area (Å²) in [5, 5.41) is 12.2. The molecule has 1 aliphatic rings. The molecule has 2 atom stereocenters. The van der Waals surface area contributed by atoms with E-state index in [1.807, 2.05) is 47.8 Å². The van der Waals surface area contributed by atoms with Crippen LogP contribution in [0.4, 0.5) is 0 Å². The van der Waals surface area contributed by atoms with Crippen molar-refractivity contribution >= 4 is 17.2 Å². The Morgan fingerprint density at radius 1 is 1.32 bits per heavy atom. The summed E-state index contributed by atoms with van der Waals surface area (Å²) in [5.74, 6) is -0.0267. The molecule has 2 heterocycles. The third kappa shape index (κ3) is 3.55. The first-order chi connectivity index (χ1) is 10.7. The van der Waals surface area contributed by atoms with Crippen LogP contribution in [-0.4, -0.2) is 35.6 Å². The first-order valence-corrected chi connectivity index (χ1v) is 8.28. The molecular weight excluding hydrogens is 298 g/mol. The summed E-state index contributed by atoms with van der Waals surface area (Å²) in [5.41, 5.74) is 0.777. The molecule has 116 valence electrons. The van der Waals surface area contributed by atoms with Crippen LogP contribution in [-0.2, 0) is 9.53 Å². The van der Waals surface area contributed by atoms with Crippen molar-refractivity contribution < 1.29 is 14.6 Å². The van der Waals surface area contributed by atoms with Crippen LogP contribution >= 0.6 is 11.3 Å². The number of aliphatic hydroxyl groups excluding tert-OH is 1. The maximum absolute atomic E-state index is 12.4. The maximum atomic E-state index is 12.4. The number of rotatable bonds is 4. The van der Waals surface area contributed by atoms with Crippen molar-refractivity contribution in [3.63, 3.8) is 0 Å². The van der Waals surface area contributed by atoms with Gasteiger partial charge in [0.25, 0.3) is 0 Å². The van der Waals surface area contributed by atoms with Crippen LogP contribution in [0.3, 0.4) is 0 Å². The molecule has 1 aliphatic heterocycles. The lowest BCUT2D eigenvalue weighted by atomic mass is 10.1. The lowest BCUT2D eigenvalue weighted by Crippen LogP contribution is -2.42. The van der Waals surface area contributed by atoms with Crippen molar-refractivity contribution in [1.29, 1.82) is 0 Å². The van der Waals surface area contributed by atoms with E-state index in [0.29, 0.717) is 19.7 Å². The summed E-state index contributed by atoms with van der Waals surface area (Å²) in [6.07, 6.45) is -0.690. The molecule has 5 heteroatoms. The molecule has 0 spiro atoms. The second kappa shape index (κ2) is 7.05. The first-order valence-electron chi connectivity index (χ1n) is 7.40. The molecule has 1 N–H and O–H groups in total. The number of morpholine rings is 1. The van der Waals surface area contributed by atoms with Gasteiger partial charge < -0.3 is 14.7 Å². The number of benzene rings is 1. The van der Waals surface area contributed by atoms with Crippen LogP contribution in [0.1, 0.15) is 29.1 Å². The van der Waals surface area contributed by atoms with Gasteiger partial charge in [-0.15, -0.1) is 11.3 Å². The molecule has 2 aromatic rings. The minimum atomic E-state index is -0.753. The highest BCUT2D eigenvalue weighted by Gasteiger charge is 2.27. The largest absolute Gasteiger partial charge is 0.388 e. The van der Waals surface area contributed by atoms with Gasteiger partial charge in [0.1, 0.15) is 6.10 Å². The summed E-state index contributed by atoms with van der Waals surface area (Å²) in [4.78, 5) is 15.3. The van der Waals surface area contributed by atoms with E-state index >= 15 is 0 Å². The Kier molecular flexibility index (Phi) is 4.87. The summed E-state index contributed by atoms with van der Waals surface area (Å²) < 4.78 is 5.75. The van der Waals surface area contributed by atoms with E-state index < -0.39 is 6.10 Å². The molecule has 1 aromatic carbocycles. The minimum absolute atomic E-state index is 0.0267. The zero-order valence-corrected chi connectivity index (χ0v) is 13.0. The number of ether oxygens (including phenoxy) is 1. The Labute approximate surface area is 134 Å². The monoisotopic (exact) mass is 317 g/mol. The first kappa shape index (κ1) is 15.2. The number of amides is 1. The Hall–Kier alpha value is -1.69. The second-order valence-corrected chi connectivity index (χ2v) is 6.32. The molecular formula is C17H19NO3S. The molecule has 1 aromatic heterocycles. The van der Waals surface area contributed by atoms with E-state index in [4.69, 9.17) is 4.74 Å². The third-order valence-corrected chi connectivity index (χ3v) is 4.80. The molecule has 0 saturated carbocycles. The summed E-state index contributed by atoms with van der Waals surface area (Å²) >= 11 is 1.64. The van der Waals surface area contributed by atoms with Crippen molar-refractivity contribution in [2.75, 3.05) is 19.7 Å². The number of carbonyl (C=O) groups excluding carboxylic acids is 1. The van der Waals surface area contributed by atoms with Gasteiger partial charge in [-0.25, -0.2) is 0 Å². The fraction of sp³-hybridized carbons (Fsp3) is 0.353. The Morgan fingerprint density at radius 3 is 2.86 bits per heavy atom. The highest BCUT2D eigenvalue weighted by molar-refractivity contribution is 7.10. The molecule has 1 amide bonds. The topological polar surface area (TPSA) is 49.8 Å². The molecule has 4 nitrogen and oxygen atoms in total. The number of hydrogen-bond donors (Lipinski definition) is 1. The third-order valence-electron chi connectivity index (χ3n) is 3.83. The average molecular weight is 317 g/mol. The molecule has 2 unspecified atom stereocenters.